The van der Waals surface area contributed by atoms with Crippen LogP contribution in [-0.2, 0) is 10.0 Å². The molecule has 0 spiro atoms. The lowest BCUT2D eigenvalue weighted by Crippen LogP contribution is -2.31. The number of aromatic nitrogens is 2. The van der Waals surface area contributed by atoms with E-state index in [0.29, 0.717) is 18.0 Å². The highest BCUT2D eigenvalue weighted by atomic mass is 32.2. The second-order valence-corrected chi connectivity index (χ2v) is 7.92. The van der Waals surface area contributed by atoms with E-state index in [9.17, 15) is 8.42 Å². The number of para-hydroxylation sites is 1. The minimum atomic E-state index is -3.49. The first-order valence-corrected chi connectivity index (χ1v) is 9.32. The van der Waals surface area contributed by atoms with Gasteiger partial charge in [-0.05, 0) is 36.8 Å². The number of nitrogens with one attached hydrogen (secondary N) is 2. The van der Waals surface area contributed by atoms with Gasteiger partial charge in [-0.2, -0.15) is 9.40 Å². The molecule has 1 aliphatic heterocycles. The Kier molecular flexibility index (Phi) is 3.74. The molecule has 6 nitrogen and oxygen atoms in total. The SMILES string of the molecule is O=S(=O)(c1ccc2cn[nH]c2c1)N1CCC(Nc2ccccc2)C1. The van der Waals surface area contributed by atoms with E-state index in [4.69, 9.17) is 0 Å². The van der Waals surface area contributed by atoms with Gasteiger partial charge in [0, 0.05) is 30.2 Å². The van der Waals surface area contributed by atoms with Gasteiger partial charge in [-0.1, -0.05) is 18.2 Å². The van der Waals surface area contributed by atoms with Gasteiger partial charge in [-0.15, -0.1) is 0 Å². The van der Waals surface area contributed by atoms with E-state index in [1.807, 2.05) is 30.3 Å². The van der Waals surface area contributed by atoms with Crippen LogP contribution in [0.2, 0.25) is 0 Å². The van der Waals surface area contributed by atoms with Crippen molar-refractivity contribution < 1.29 is 8.42 Å². The molecule has 3 aromatic rings. The minimum absolute atomic E-state index is 0.123. The predicted molar refractivity (Wildman–Crippen MR) is 93.3 cm³/mol. The third-order valence-electron chi connectivity index (χ3n) is 4.35. The molecule has 1 aromatic heterocycles. The van der Waals surface area contributed by atoms with Crippen molar-refractivity contribution in [3.8, 4) is 0 Å². The Bertz CT molecular complexity index is 953. The average Bonchev–Trinajstić information content (AvgIpc) is 3.24. The van der Waals surface area contributed by atoms with Crippen LogP contribution in [0.3, 0.4) is 0 Å². The van der Waals surface area contributed by atoms with Gasteiger partial charge in [0.15, 0.2) is 0 Å². The number of hydrogen-bond acceptors (Lipinski definition) is 4. The monoisotopic (exact) mass is 342 g/mol. The van der Waals surface area contributed by atoms with Crippen LogP contribution in [0.25, 0.3) is 10.9 Å². The Morgan fingerprint density at radius 1 is 1.17 bits per heavy atom. The van der Waals surface area contributed by atoms with Crippen molar-refractivity contribution in [2.24, 2.45) is 0 Å². The molecule has 1 atom stereocenters. The molecule has 0 radical (unpaired) electrons. The van der Waals surface area contributed by atoms with Crippen molar-refractivity contribution in [2.45, 2.75) is 17.4 Å². The summed E-state index contributed by atoms with van der Waals surface area (Å²) in [4.78, 5) is 0.305. The largest absolute Gasteiger partial charge is 0.381 e. The normalized spacial score (nSPS) is 18.9. The maximum atomic E-state index is 12.9. The molecule has 0 amide bonds. The summed E-state index contributed by atoms with van der Waals surface area (Å²) in [7, 11) is -3.49. The zero-order valence-electron chi connectivity index (χ0n) is 13.0. The summed E-state index contributed by atoms with van der Waals surface area (Å²) in [6.45, 7) is 0.992. The molecule has 1 aliphatic rings. The Labute approximate surface area is 140 Å². The van der Waals surface area contributed by atoms with E-state index >= 15 is 0 Å². The first kappa shape index (κ1) is 15.2. The fourth-order valence-corrected chi connectivity index (χ4v) is 4.59. The van der Waals surface area contributed by atoms with E-state index in [1.165, 1.54) is 0 Å². The van der Waals surface area contributed by atoms with Crippen LogP contribution in [0.1, 0.15) is 6.42 Å². The number of benzene rings is 2. The Morgan fingerprint density at radius 2 is 2.00 bits per heavy atom. The number of hydrogen-bond donors (Lipinski definition) is 2. The molecule has 0 saturated carbocycles. The number of sulfonamides is 1. The molecular weight excluding hydrogens is 324 g/mol. The van der Waals surface area contributed by atoms with Crippen molar-refractivity contribution >= 4 is 26.6 Å². The summed E-state index contributed by atoms with van der Waals surface area (Å²) in [6, 6.07) is 15.1. The summed E-state index contributed by atoms with van der Waals surface area (Å²) < 4.78 is 27.3. The van der Waals surface area contributed by atoms with Crippen LogP contribution in [0.5, 0.6) is 0 Å². The van der Waals surface area contributed by atoms with E-state index in [0.717, 1.165) is 23.0 Å². The van der Waals surface area contributed by atoms with Crippen LogP contribution < -0.4 is 5.32 Å². The van der Waals surface area contributed by atoms with Crippen LogP contribution in [-0.4, -0.2) is 42.1 Å². The lowest BCUT2D eigenvalue weighted by atomic mass is 10.2. The second kappa shape index (κ2) is 5.92. The summed E-state index contributed by atoms with van der Waals surface area (Å²) >= 11 is 0. The highest BCUT2D eigenvalue weighted by molar-refractivity contribution is 7.89. The van der Waals surface area contributed by atoms with Crippen molar-refractivity contribution in [3.63, 3.8) is 0 Å². The zero-order valence-corrected chi connectivity index (χ0v) is 13.8. The topological polar surface area (TPSA) is 78.1 Å². The van der Waals surface area contributed by atoms with Gasteiger partial charge in [0.1, 0.15) is 0 Å². The fraction of sp³-hybridized carbons (Fsp3) is 0.235. The molecule has 24 heavy (non-hydrogen) atoms. The minimum Gasteiger partial charge on any atom is -0.381 e. The molecule has 2 aromatic carbocycles. The molecule has 1 saturated heterocycles. The van der Waals surface area contributed by atoms with Crippen molar-refractivity contribution in [3.05, 3.63) is 54.7 Å². The lowest BCUT2D eigenvalue weighted by molar-refractivity contribution is 0.474. The Balaban J connectivity index is 1.52. The molecule has 7 heteroatoms. The van der Waals surface area contributed by atoms with Crippen molar-refractivity contribution in [2.75, 3.05) is 18.4 Å². The predicted octanol–water partition coefficient (Wildman–Crippen LogP) is 2.44. The number of aromatic amines is 1. The van der Waals surface area contributed by atoms with Gasteiger partial charge in [0.2, 0.25) is 10.0 Å². The Morgan fingerprint density at radius 3 is 2.83 bits per heavy atom. The van der Waals surface area contributed by atoms with E-state index in [-0.39, 0.29) is 6.04 Å². The van der Waals surface area contributed by atoms with Gasteiger partial charge >= 0.3 is 0 Å². The number of fused-ring (bicyclic) bond motifs is 1. The van der Waals surface area contributed by atoms with Gasteiger partial charge in [-0.3, -0.25) is 5.10 Å². The second-order valence-electron chi connectivity index (χ2n) is 5.98. The first-order valence-electron chi connectivity index (χ1n) is 7.88. The van der Waals surface area contributed by atoms with Crippen LogP contribution in [0.4, 0.5) is 5.69 Å². The van der Waals surface area contributed by atoms with Crippen LogP contribution in [0.15, 0.2) is 59.6 Å². The molecule has 124 valence electrons. The fourth-order valence-electron chi connectivity index (χ4n) is 3.06. The average molecular weight is 342 g/mol. The number of anilines is 1. The molecule has 4 rings (SSSR count). The van der Waals surface area contributed by atoms with E-state index in [1.54, 1.807) is 28.7 Å². The molecule has 2 heterocycles. The van der Waals surface area contributed by atoms with Gasteiger partial charge < -0.3 is 5.32 Å². The Hall–Kier alpha value is -2.38. The maximum absolute atomic E-state index is 12.9. The highest BCUT2D eigenvalue weighted by Gasteiger charge is 2.32. The van der Waals surface area contributed by atoms with Gasteiger partial charge in [-0.25, -0.2) is 8.42 Å². The summed E-state index contributed by atoms with van der Waals surface area (Å²) in [6.07, 6.45) is 2.47. The third-order valence-corrected chi connectivity index (χ3v) is 6.21. The van der Waals surface area contributed by atoms with Crippen molar-refractivity contribution in [1.82, 2.24) is 14.5 Å². The first-order chi connectivity index (χ1) is 11.6. The highest BCUT2D eigenvalue weighted by Crippen LogP contribution is 2.25. The van der Waals surface area contributed by atoms with Gasteiger partial charge in [0.25, 0.3) is 0 Å². The summed E-state index contributed by atoms with van der Waals surface area (Å²) in [5, 5.41) is 11.1. The quantitative estimate of drug-likeness (QED) is 0.763. The van der Waals surface area contributed by atoms with Crippen molar-refractivity contribution in [1.29, 1.82) is 0 Å². The zero-order chi connectivity index (χ0) is 16.6. The summed E-state index contributed by atoms with van der Waals surface area (Å²) in [5.74, 6) is 0. The standard InChI is InChI=1S/C17H18N4O2S/c22-24(23,16-7-6-13-11-18-20-17(13)10-16)21-9-8-15(12-21)19-14-4-2-1-3-5-14/h1-7,10-11,15,19H,8-9,12H2,(H,18,20). The molecule has 1 fully saturated rings. The number of nitrogens with zero attached hydrogens (tertiary/aromatic N) is 2. The van der Waals surface area contributed by atoms with Crippen LogP contribution >= 0.6 is 0 Å². The molecular formula is C17H18N4O2S. The van der Waals surface area contributed by atoms with E-state index < -0.39 is 10.0 Å². The maximum Gasteiger partial charge on any atom is 0.243 e. The molecule has 1 unspecified atom stereocenters. The number of rotatable bonds is 4. The molecule has 2 N–H and O–H groups in total. The lowest BCUT2D eigenvalue weighted by Gasteiger charge is -2.18. The van der Waals surface area contributed by atoms with Crippen LogP contribution in [0, 0.1) is 0 Å². The van der Waals surface area contributed by atoms with E-state index in [2.05, 4.69) is 15.5 Å². The summed E-state index contributed by atoms with van der Waals surface area (Å²) in [5.41, 5.74) is 1.75. The number of H-pyrrole nitrogens is 1. The smallest absolute Gasteiger partial charge is 0.243 e. The third kappa shape index (κ3) is 2.76. The molecule has 0 aliphatic carbocycles. The van der Waals surface area contributed by atoms with Gasteiger partial charge in [0.05, 0.1) is 16.6 Å². The molecule has 0 bridgehead atoms.